The molecular formula is C24H25NO5S. The normalized spacial score (nSPS) is 13.5. The fourth-order valence-electron chi connectivity index (χ4n) is 3.25. The molecule has 0 heterocycles. The first-order valence-corrected chi connectivity index (χ1v) is 11.4. The summed E-state index contributed by atoms with van der Waals surface area (Å²) >= 11 is 0. The Kier molecular flexibility index (Phi) is 7.22. The van der Waals surface area contributed by atoms with E-state index in [1.165, 1.54) is 24.3 Å². The van der Waals surface area contributed by atoms with E-state index in [4.69, 9.17) is 5.11 Å². The molecule has 0 radical (unpaired) electrons. The van der Waals surface area contributed by atoms with E-state index in [1.807, 2.05) is 37.3 Å². The van der Waals surface area contributed by atoms with Crippen molar-refractivity contribution in [3.63, 3.8) is 0 Å². The van der Waals surface area contributed by atoms with Gasteiger partial charge in [0.15, 0.2) is 0 Å². The van der Waals surface area contributed by atoms with Crippen LogP contribution in [0.3, 0.4) is 0 Å². The lowest BCUT2D eigenvalue weighted by Gasteiger charge is -2.17. The highest BCUT2D eigenvalue weighted by Gasteiger charge is 2.18. The highest BCUT2D eigenvalue weighted by Crippen LogP contribution is 2.22. The van der Waals surface area contributed by atoms with Crippen molar-refractivity contribution in [1.29, 1.82) is 0 Å². The Bertz CT molecular complexity index is 1110. The average molecular weight is 440 g/mol. The summed E-state index contributed by atoms with van der Waals surface area (Å²) in [6.07, 6.45) is 0.0819. The highest BCUT2D eigenvalue weighted by molar-refractivity contribution is 7.91. The summed E-state index contributed by atoms with van der Waals surface area (Å²) in [5, 5.41) is 22.5. The molecule has 162 valence electrons. The monoisotopic (exact) mass is 439 g/mol. The molecule has 3 aromatic rings. The van der Waals surface area contributed by atoms with Crippen molar-refractivity contribution in [2.45, 2.75) is 35.3 Å². The van der Waals surface area contributed by atoms with Crippen LogP contribution >= 0.6 is 0 Å². The number of hydrogen-bond donors (Lipinski definition) is 3. The Morgan fingerprint density at radius 1 is 0.903 bits per heavy atom. The molecular weight excluding hydrogens is 414 g/mol. The number of nitrogens with one attached hydrogen (secondary N) is 1. The summed E-state index contributed by atoms with van der Waals surface area (Å²) in [7, 11) is -3.72. The Morgan fingerprint density at radius 3 is 2.00 bits per heavy atom. The lowest BCUT2D eigenvalue weighted by molar-refractivity contribution is 0.0696. The van der Waals surface area contributed by atoms with E-state index < -0.39 is 21.9 Å². The van der Waals surface area contributed by atoms with Gasteiger partial charge in [0.05, 0.1) is 21.5 Å². The van der Waals surface area contributed by atoms with Gasteiger partial charge in [-0.2, -0.15) is 0 Å². The topological polar surface area (TPSA) is 104 Å². The van der Waals surface area contributed by atoms with Gasteiger partial charge in [-0.25, -0.2) is 13.2 Å². The van der Waals surface area contributed by atoms with Crippen molar-refractivity contribution in [2.75, 3.05) is 6.54 Å². The molecule has 0 aromatic heterocycles. The number of aliphatic hydroxyl groups excluding tert-OH is 1. The average Bonchev–Trinajstić information content (AvgIpc) is 2.78. The Hall–Kier alpha value is -3.00. The summed E-state index contributed by atoms with van der Waals surface area (Å²) in [4.78, 5) is 11.1. The van der Waals surface area contributed by atoms with Crippen molar-refractivity contribution >= 4 is 15.8 Å². The van der Waals surface area contributed by atoms with Crippen LogP contribution in [0.4, 0.5) is 0 Å². The fraction of sp³-hybridized carbons (Fsp3) is 0.208. The van der Waals surface area contributed by atoms with Gasteiger partial charge in [0, 0.05) is 12.6 Å². The molecule has 0 unspecified atom stereocenters. The van der Waals surface area contributed by atoms with E-state index in [2.05, 4.69) is 5.32 Å². The third-order valence-electron chi connectivity index (χ3n) is 5.03. The minimum atomic E-state index is -3.72. The highest BCUT2D eigenvalue weighted by atomic mass is 32.2. The molecule has 31 heavy (non-hydrogen) atoms. The van der Waals surface area contributed by atoms with E-state index in [-0.39, 0.29) is 21.4 Å². The molecule has 3 N–H and O–H groups in total. The molecule has 0 bridgehead atoms. The van der Waals surface area contributed by atoms with Crippen LogP contribution in [0.1, 0.15) is 34.5 Å². The molecule has 0 amide bonds. The first-order chi connectivity index (χ1) is 14.8. The van der Waals surface area contributed by atoms with Gasteiger partial charge in [-0.1, -0.05) is 42.5 Å². The van der Waals surface area contributed by atoms with Crippen LogP contribution < -0.4 is 5.32 Å². The first kappa shape index (κ1) is 22.7. The Balaban J connectivity index is 1.60. The van der Waals surface area contributed by atoms with Crippen LogP contribution in [0.2, 0.25) is 0 Å². The molecule has 7 heteroatoms. The van der Waals surface area contributed by atoms with E-state index >= 15 is 0 Å². The summed E-state index contributed by atoms with van der Waals surface area (Å²) < 4.78 is 25.5. The fourth-order valence-corrected chi connectivity index (χ4v) is 4.51. The van der Waals surface area contributed by atoms with Gasteiger partial charge in [0.2, 0.25) is 9.84 Å². The second kappa shape index (κ2) is 9.87. The molecule has 2 atom stereocenters. The number of carboxylic acids is 1. The maximum Gasteiger partial charge on any atom is 0.335 e. The standard InChI is InChI=1S/C24H25NO5S/c1-17(25-16-23(26)19-5-3-2-4-6-19)15-18-7-11-21(12-8-18)31(29,30)22-13-9-20(10-14-22)24(27)28/h2-14,17,23,25-26H,15-16H2,1H3,(H,27,28)/t17-,23+/m1/s1. The van der Waals surface area contributed by atoms with E-state index in [9.17, 15) is 18.3 Å². The van der Waals surface area contributed by atoms with Gasteiger partial charge < -0.3 is 15.5 Å². The number of aromatic carboxylic acids is 1. The van der Waals surface area contributed by atoms with Crippen molar-refractivity contribution in [2.24, 2.45) is 0 Å². The SMILES string of the molecule is C[C@H](Cc1ccc(S(=O)(=O)c2ccc(C(=O)O)cc2)cc1)NC[C@H](O)c1ccccc1. The summed E-state index contributed by atoms with van der Waals surface area (Å²) in [6, 6.07) is 21.3. The van der Waals surface area contributed by atoms with Crippen LogP contribution in [0.5, 0.6) is 0 Å². The number of carboxylic acid groups (broad SMARTS) is 1. The van der Waals surface area contributed by atoms with Crippen LogP contribution in [0.15, 0.2) is 88.7 Å². The second-order valence-electron chi connectivity index (χ2n) is 7.42. The first-order valence-electron chi connectivity index (χ1n) is 9.91. The Labute approximate surface area is 182 Å². The van der Waals surface area contributed by atoms with Crippen molar-refractivity contribution in [3.8, 4) is 0 Å². The second-order valence-corrected chi connectivity index (χ2v) is 9.37. The molecule has 0 saturated heterocycles. The molecule has 0 aliphatic rings. The maximum atomic E-state index is 12.8. The molecule has 0 fully saturated rings. The minimum Gasteiger partial charge on any atom is -0.478 e. The number of rotatable bonds is 9. The van der Waals surface area contributed by atoms with Crippen LogP contribution in [0.25, 0.3) is 0 Å². The molecule has 0 saturated carbocycles. The number of aliphatic hydroxyl groups is 1. The lowest BCUT2D eigenvalue weighted by Crippen LogP contribution is -2.32. The molecule has 6 nitrogen and oxygen atoms in total. The van der Waals surface area contributed by atoms with Gasteiger partial charge in [-0.05, 0) is 60.9 Å². The summed E-state index contributed by atoms with van der Waals surface area (Å²) in [6.45, 7) is 2.43. The van der Waals surface area contributed by atoms with Gasteiger partial charge in [0.1, 0.15) is 0 Å². The van der Waals surface area contributed by atoms with Crippen LogP contribution in [-0.2, 0) is 16.3 Å². The predicted octanol–water partition coefficient (Wildman–Crippen LogP) is 3.47. The molecule has 3 rings (SSSR count). The minimum absolute atomic E-state index is 0.0353. The number of sulfone groups is 1. The zero-order valence-electron chi connectivity index (χ0n) is 17.1. The van der Waals surface area contributed by atoms with Crippen LogP contribution in [-0.4, -0.2) is 37.2 Å². The zero-order valence-corrected chi connectivity index (χ0v) is 17.9. The van der Waals surface area contributed by atoms with Crippen LogP contribution in [0, 0.1) is 0 Å². The molecule has 3 aromatic carbocycles. The van der Waals surface area contributed by atoms with Gasteiger partial charge >= 0.3 is 5.97 Å². The summed E-state index contributed by atoms with van der Waals surface area (Å²) in [5.41, 5.74) is 1.86. The lowest BCUT2D eigenvalue weighted by atomic mass is 10.1. The van der Waals surface area contributed by atoms with E-state index in [0.29, 0.717) is 13.0 Å². The van der Waals surface area contributed by atoms with Gasteiger partial charge in [0.25, 0.3) is 0 Å². The zero-order chi connectivity index (χ0) is 22.4. The molecule has 0 spiro atoms. The number of carbonyl (C=O) groups is 1. The third-order valence-corrected chi connectivity index (χ3v) is 6.82. The molecule has 0 aliphatic carbocycles. The number of benzene rings is 3. The van der Waals surface area contributed by atoms with E-state index in [1.54, 1.807) is 24.3 Å². The van der Waals surface area contributed by atoms with E-state index in [0.717, 1.165) is 11.1 Å². The number of hydrogen-bond acceptors (Lipinski definition) is 5. The smallest absolute Gasteiger partial charge is 0.335 e. The largest absolute Gasteiger partial charge is 0.478 e. The predicted molar refractivity (Wildman–Crippen MR) is 118 cm³/mol. The van der Waals surface area contributed by atoms with Crippen molar-refractivity contribution in [3.05, 3.63) is 95.6 Å². The van der Waals surface area contributed by atoms with Gasteiger partial charge in [-0.3, -0.25) is 0 Å². The molecule has 0 aliphatic heterocycles. The quantitative estimate of drug-likeness (QED) is 0.472. The van der Waals surface area contributed by atoms with Crippen molar-refractivity contribution in [1.82, 2.24) is 5.32 Å². The van der Waals surface area contributed by atoms with Crippen molar-refractivity contribution < 1.29 is 23.4 Å². The maximum absolute atomic E-state index is 12.8. The third kappa shape index (κ3) is 5.79. The van der Waals surface area contributed by atoms with Gasteiger partial charge in [-0.15, -0.1) is 0 Å². The summed E-state index contributed by atoms with van der Waals surface area (Å²) in [5.74, 6) is -1.10. The Morgan fingerprint density at radius 2 is 1.45 bits per heavy atom.